The molecule has 0 spiro atoms. The van der Waals surface area contributed by atoms with E-state index in [0.29, 0.717) is 41.1 Å². The van der Waals surface area contributed by atoms with Gasteiger partial charge in [0.15, 0.2) is 0 Å². The Morgan fingerprint density at radius 2 is 1.81 bits per heavy atom. The molecule has 5 aromatic rings. The van der Waals surface area contributed by atoms with E-state index in [9.17, 15) is 4.79 Å². The number of hydrogen-bond acceptors (Lipinski definition) is 5. The lowest BCUT2D eigenvalue weighted by Gasteiger charge is -2.09. The predicted octanol–water partition coefficient (Wildman–Crippen LogP) is 4.37. The van der Waals surface area contributed by atoms with E-state index in [1.54, 1.807) is 12.3 Å². The van der Waals surface area contributed by atoms with E-state index in [4.69, 9.17) is 4.52 Å². The molecule has 7 nitrogen and oxygen atoms in total. The molecule has 5 rings (SSSR count). The molecule has 7 heteroatoms. The van der Waals surface area contributed by atoms with Crippen LogP contribution in [0.5, 0.6) is 0 Å². The molecule has 1 N–H and O–H groups in total. The van der Waals surface area contributed by atoms with Gasteiger partial charge >= 0.3 is 0 Å². The molecule has 0 aliphatic rings. The number of carbonyl (C=O) groups excluding carboxylic acids is 1. The molecule has 1 amide bonds. The van der Waals surface area contributed by atoms with E-state index in [1.165, 1.54) is 0 Å². The Morgan fingerprint density at radius 1 is 1.03 bits per heavy atom. The van der Waals surface area contributed by atoms with E-state index in [0.717, 1.165) is 16.7 Å². The second-order valence-corrected chi connectivity index (χ2v) is 7.57. The zero-order valence-corrected chi connectivity index (χ0v) is 17.5. The highest BCUT2D eigenvalue weighted by atomic mass is 16.5. The average molecular weight is 423 g/mol. The number of amides is 1. The lowest BCUT2D eigenvalue weighted by Crippen LogP contribution is -2.23. The molecule has 0 aliphatic carbocycles. The quantitative estimate of drug-likeness (QED) is 0.438. The van der Waals surface area contributed by atoms with Crippen LogP contribution in [0.1, 0.15) is 27.2 Å². The van der Waals surface area contributed by atoms with Gasteiger partial charge in [-0.25, -0.2) is 4.98 Å². The smallest absolute Gasteiger partial charge is 0.259 e. The van der Waals surface area contributed by atoms with Crippen LogP contribution >= 0.6 is 0 Å². The number of nitrogens with one attached hydrogen (secondary N) is 1. The van der Waals surface area contributed by atoms with Crippen LogP contribution in [0.4, 0.5) is 0 Å². The number of nitrogens with zero attached hydrogens (tertiary/aromatic N) is 4. The fourth-order valence-electron chi connectivity index (χ4n) is 3.65. The molecular weight excluding hydrogens is 402 g/mol. The third-order valence-corrected chi connectivity index (χ3v) is 5.31. The van der Waals surface area contributed by atoms with Crippen LogP contribution in [-0.2, 0) is 13.1 Å². The number of aryl methyl sites for hydroxylation is 1. The molecule has 0 aliphatic heterocycles. The highest BCUT2D eigenvalue weighted by molar-refractivity contribution is 6.06. The topological polar surface area (TPSA) is 85.8 Å². The van der Waals surface area contributed by atoms with Crippen molar-refractivity contribution in [3.8, 4) is 11.3 Å². The van der Waals surface area contributed by atoms with Gasteiger partial charge in [0.25, 0.3) is 11.6 Å². The molecular formula is C25H21N5O2. The van der Waals surface area contributed by atoms with Crippen molar-refractivity contribution in [2.45, 2.75) is 20.0 Å². The van der Waals surface area contributed by atoms with Crippen molar-refractivity contribution < 1.29 is 9.32 Å². The van der Waals surface area contributed by atoms with Gasteiger partial charge in [-0.2, -0.15) is 5.10 Å². The minimum absolute atomic E-state index is 0.193. The monoisotopic (exact) mass is 423 g/mol. The number of rotatable bonds is 6. The molecule has 0 saturated heterocycles. The SMILES string of the molecule is Cc1noc2nc(-c3ccccc3)cc(C(=O)NCc3ccc(Cn4cccn4)cc3)c12. The molecule has 32 heavy (non-hydrogen) atoms. The van der Waals surface area contributed by atoms with E-state index in [2.05, 4.69) is 20.6 Å². The highest BCUT2D eigenvalue weighted by Gasteiger charge is 2.19. The lowest BCUT2D eigenvalue weighted by molar-refractivity contribution is 0.0952. The summed E-state index contributed by atoms with van der Waals surface area (Å²) in [6.07, 6.45) is 3.69. The Hall–Kier alpha value is -4.26. The van der Waals surface area contributed by atoms with Gasteiger partial charge in [-0.1, -0.05) is 59.8 Å². The molecule has 0 bridgehead atoms. The first-order valence-corrected chi connectivity index (χ1v) is 10.3. The number of benzene rings is 2. The van der Waals surface area contributed by atoms with E-state index in [1.807, 2.05) is 78.5 Å². The van der Waals surface area contributed by atoms with Gasteiger partial charge in [0.05, 0.1) is 28.9 Å². The van der Waals surface area contributed by atoms with Gasteiger partial charge in [0.1, 0.15) is 0 Å². The molecule has 0 atom stereocenters. The van der Waals surface area contributed by atoms with Gasteiger partial charge in [-0.05, 0) is 30.2 Å². The van der Waals surface area contributed by atoms with Crippen LogP contribution in [0.25, 0.3) is 22.4 Å². The van der Waals surface area contributed by atoms with Crippen molar-refractivity contribution in [1.29, 1.82) is 0 Å². The summed E-state index contributed by atoms with van der Waals surface area (Å²) in [7, 11) is 0. The fourth-order valence-corrected chi connectivity index (χ4v) is 3.65. The number of aromatic nitrogens is 4. The molecule has 0 fully saturated rings. The maximum atomic E-state index is 13.1. The number of fused-ring (bicyclic) bond motifs is 1. The summed E-state index contributed by atoms with van der Waals surface area (Å²) < 4.78 is 7.24. The van der Waals surface area contributed by atoms with Gasteiger partial charge in [-0.15, -0.1) is 0 Å². The molecule has 0 saturated carbocycles. The van der Waals surface area contributed by atoms with Crippen LogP contribution < -0.4 is 5.32 Å². The first-order valence-electron chi connectivity index (χ1n) is 10.3. The summed E-state index contributed by atoms with van der Waals surface area (Å²) in [6.45, 7) is 2.93. The summed E-state index contributed by atoms with van der Waals surface area (Å²) in [5, 5.41) is 11.9. The second-order valence-electron chi connectivity index (χ2n) is 7.57. The Morgan fingerprint density at radius 3 is 2.56 bits per heavy atom. The maximum absolute atomic E-state index is 13.1. The van der Waals surface area contributed by atoms with Crippen molar-refractivity contribution >= 4 is 17.0 Å². The number of hydrogen-bond donors (Lipinski definition) is 1. The van der Waals surface area contributed by atoms with E-state index < -0.39 is 0 Å². The number of pyridine rings is 1. The molecule has 0 unspecified atom stereocenters. The Labute approximate surface area is 184 Å². The normalized spacial score (nSPS) is 11.0. The molecule has 158 valence electrons. The zero-order valence-electron chi connectivity index (χ0n) is 17.5. The first kappa shape index (κ1) is 19.7. The Bertz CT molecular complexity index is 1360. The summed E-state index contributed by atoms with van der Waals surface area (Å²) in [4.78, 5) is 17.7. The summed E-state index contributed by atoms with van der Waals surface area (Å²) >= 11 is 0. The average Bonchev–Trinajstić information content (AvgIpc) is 3.48. The van der Waals surface area contributed by atoms with Crippen molar-refractivity contribution in [3.63, 3.8) is 0 Å². The molecule has 2 aromatic carbocycles. The van der Waals surface area contributed by atoms with Crippen molar-refractivity contribution in [1.82, 2.24) is 25.2 Å². The molecule has 0 radical (unpaired) electrons. The lowest BCUT2D eigenvalue weighted by atomic mass is 10.0. The Kier molecular flexibility index (Phi) is 5.21. The maximum Gasteiger partial charge on any atom is 0.259 e. The van der Waals surface area contributed by atoms with Crippen LogP contribution in [0.2, 0.25) is 0 Å². The van der Waals surface area contributed by atoms with Gasteiger partial charge < -0.3 is 9.84 Å². The third kappa shape index (κ3) is 4.00. The largest absolute Gasteiger partial charge is 0.348 e. The van der Waals surface area contributed by atoms with E-state index >= 15 is 0 Å². The van der Waals surface area contributed by atoms with Crippen LogP contribution in [0, 0.1) is 6.92 Å². The summed E-state index contributed by atoms with van der Waals surface area (Å²) in [5.74, 6) is -0.193. The van der Waals surface area contributed by atoms with E-state index in [-0.39, 0.29) is 5.91 Å². The van der Waals surface area contributed by atoms with Gasteiger partial charge in [-0.3, -0.25) is 9.48 Å². The summed E-state index contributed by atoms with van der Waals surface area (Å²) in [6, 6.07) is 21.5. The van der Waals surface area contributed by atoms with Crippen LogP contribution in [-0.4, -0.2) is 25.8 Å². The second kappa shape index (κ2) is 8.47. The number of carbonyl (C=O) groups is 1. The minimum atomic E-state index is -0.193. The summed E-state index contributed by atoms with van der Waals surface area (Å²) in [5.41, 5.74) is 5.23. The van der Waals surface area contributed by atoms with Gasteiger partial charge in [0, 0.05) is 24.5 Å². The van der Waals surface area contributed by atoms with Crippen molar-refractivity contribution in [3.05, 3.63) is 102 Å². The standard InChI is InChI=1S/C25H21N5O2/c1-17-23-21(14-22(28-25(23)32-29-17)20-6-3-2-4-7-20)24(31)26-15-18-8-10-19(11-9-18)16-30-13-5-12-27-30/h2-14H,15-16H2,1H3,(H,26,31). The minimum Gasteiger partial charge on any atom is -0.348 e. The van der Waals surface area contributed by atoms with Crippen molar-refractivity contribution in [2.24, 2.45) is 0 Å². The fraction of sp³-hybridized carbons (Fsp3) is 0.120. The predicted molar refractivity (Wildman–Crippen MR) is 121 cm³/mol. The van der Waals surface area contributed by atoms with Gasteiger partial charge in [0.2, 0.25) is 0 Å². The zero-order chi connectivity index (χ0) is 21.9. The third-order valence-electron chi connectivity index (χ3n) is 5.31. The van der Waals surface area contributed by atoms with Crippen LogP contribution in [0.15, 0.2) is 83.6 Å². The first-order chi connectivity index (χ1) is 15.7. The molecule has 3 aromatic heterocycles. The highest BCUT2D eigenvalue weighted by Crippen LogP contribution is 2.27. The molecule has 3 heterocycles. The van der Waals surface area contributed by atoms with Crippen molar-refractivity contribution in [2.75, 3.05) is 0 Å². The Balaban J connectivity index is 1.36. The van der Waals surface area contributed by atoms with Crippen LogP contribution in [0.3, 0.4) is 0 Å².